The van der Waals surface area contributed by atoms with E-state index in [0.717, 1.165) is 5.56 Å². The van der Waals surface area contributed by atoms with Gasteiger partial charge in [0.25, 0.3) is 0 Å². The second-order valence-corrected chi connectivity index (χ2v) is 6.47. The monoisotopic (exact) mass is 299 g/mol. The summed E-state index contributed by atoms with van der Waals surface area (Å²) in [7, 11) is -3.19. The summed E-state index contributed by atoms with van der Waals surface area (Å²) in [6.07, 6.45) is 0. The van der Waals surface area contributed by atoms with Gasteiger partial charge in [0, 0.05) is 11.2 Å². The van der Waals surface area contributed by atoms with Crippen molar-refractivity contribution in [2.24, 2.45) is 5.92 Å². The first kappa shape index (κ1) is 11.6. The van der Waals surface area contributed by atoms with Gasteiger partial charge < -0.3 is 0 Å². The summed E-state index contributed by atoms with van der Waals surface area (Å²) < 4.78 is 23.8. The van der Waals surface area contributed by atoms with Gasteiger partial charge >= 0.3 is 0 Å². The third kappa shape index (κ3) is 1.76. The minimum absolute atomic E-state index is 0.0518. The van der Waals surface area contributed by atoms with E-state index < -0.39 is 9.84 Å². The molecular formula is C11H10BrNO2S. The van der Waals surface area contributed by atoms with Crippen molar-refractivity contribution < 1.29 is 8.42 Å². The molecule has 1 heterocycles. The van der Waals surface area contributed by atoms with Crippen LogP contribution in [-0.2, 0) is 9.84 Å². The van der Waals surface area contributed by atoms with Crippen LogP contribution >= 0.6 is 15.9 Å². The average molecular weight is 300 g/mol. The molecule has 84 valence electrons. The Balaban J connectivity index is 2.53. The minimum Gasteiger partial charge on any atom is -0.224 e. The number of hydrogen-bond donors (Lipinski definition) is 0. The maximum Gasteiger partial charge on any atom is 0.179 e. The fourth-order valence-corrected chi connectivity index (χ4v) is 4.58. The Hall–Kier alpha value is -0.860. The quantitative estimate of drug-likeness (QED) is 0.786. The number of benzene rings is 1. The van der Waals surface area contributed by atoms with Crippen LogP contribution in [0.1, 0.15) is 11.5 Å². The predicted octanol–water partition coefficient (Wildman–Crippen LogP) is 2.09. The molecule has 3 nitrogen and oxygen atoms in total. The molecule has 0 bridgehead atoms. The fraction of sp³-hybridized carbons (Fsp3) is 0.364. The highest BCUT2D eigenvalue weighted by Gasteiger charge is 2.38. The number of sulfone groups is 1. The zero-order valence-corrected chi connectivity index (χ0v) is 10.8. The van der Waals surface area contributed by atoms with Crippen LogP contribution in [0.3, 0.4) is 0 Å². The summed E-state index contributed by atoms with van der Waals surface area (Å²) >= 11 is 3.26. The topological polar surface area (TPSA) is 57.9 Å². The molecule has 1 aromatic carbocycles. The van der Waals surface area contributed by atoms with Gasteiger partial charge in [-0.25, -0.2) is 8.42 Å². The molecule has 0 amide bonds. The van der Waals surface area contributed by atoms with Gasteiger partial charge in [0.15, 0.2) is 9.84 Å². The van der Waals surface area contributed by atoms with E-state index in [1.807, 2.05) is 6.07 Å². The summed E-state index contributed by atoms with van der Waals surface area (Å²) in [5.74, 6) is -0.445. The minimum atomic E-state index is -3.19. The van der Waals surface area contributed by atoms with Gasteiger partial charge in [-0.3, -0.25) is 0 Å². The number of fused-ring (bicyclic) bond motifs is 1. The lowest BCUT2D eigenvalue weighted by Gasteiger charge is -2.13. The second-order valence-electron chi connectivity index (χ2n) is 3.82. The Labute approximate surface area is 103 Å². The Morgan fingerprint density at radius 3 is 2.81 bits per heavy atom. The molecule has 0 aromatic heterocycles. The van der Waals surface area contributed by atoms with E-state index in [1.165, 1.54) is 0 Å². The number of hydrogen-bond acceptors (Lipinski definition) is 3. The van der Waals surface area contributed by atoms with Gasteiger partial charge in [-0.05, 0) is 11.6 Å². The number of alkyl halides is 1. The van der Waals surface area contributed by atoms with Crippen molar-refractivity contribution in [3.63, 3.8) is 0 Å². The number of halogens is 1. The lowest BCUT2D eigenvalue weighted by atomic mass is 9.90. The van der Waals surface area contributed by atoms with Crippen molar-refractivity contribution in [3.05, 3.63) is 29.8 Å². The number of nitriles is 1. The second kappa shape index (κ2) is 4.19. The SMILES string of the molecule is N#CC(CBr)C1CS(=O)(=O)c2ccccc21. The van der Waals surface area contributed by atoms with Gasteiger partial charge in [0.05, 0.1) is 22.6 Å². The van der Waals surface area contributed by atoms with Crippen molar-refractivity contribution >= 4 is 25.8 Å². The Morgan fingerprint density at radius 2 is 2.19 bits per heavy atom. The van der Waals surface area contributed by atoms with E-state index in [9.17, 15) is 8.42 Å². The van der Waals surface area contributed by atoms with Crippen LogP contribution in [0.2, 0.25) is 0 Å². The molecule has 2 unspecified atom stereocenters. The molecule has 0 N–H and O–H groups in total. The summed E-state index contributed by atoms with van der Waals surface area (Å²) in [6.45, 7) is 0. The van der Waals surface area contributed by atoms with Gasteiger partial charge in [-0.15, -0.1) is 0 Å². The van der Waals surface area contributed by atoms with E-state index in [-0.39, 0.29) is 17.6 Å². The zero-order chi connectivity index (χ0) is 11.8. The summed E-state index contributed by atoms with van der Waals surface area (Å²) in [4.78, 5) is 0.390. The highest BCUT2D eigenvalue weighted by molar-refractivity contribution is 9.09. The van der Waals surface area contributed by atoms with Crippen LogP contribution in [0, 0.1) is 17.2 Å². The zero-order valence-electron chi connectivity index (χ0n) is 8.43. The average Bonchev–Trinajstić information content (AvgIpc) is 2.54. The Morgan fingerprint density at radius 1 is 1.50 bits per heavy atom. The van der Waals surface area contributed by atoms with Crippen LogP contribution in [0.5, 0.6) is 0 Å². The third-order valence-electron chi connectivity index (χ3n) is 2.87. The van der Waals surface area contributed by atoms with E-state index in [0.29, 0.717) is 10.2 Å². The maximum atomic E-state index is 11.9. The van der Waals surface area contributed by atoms with Crippen molar-refractivity contribution in [2.45, 2.75) is 10.8 Å². The van der Waals surface area contributed by atoms with E-state index >= 15 is 0 Å². The van der Waals surface area contributed by atoms with Gasteiger partial charge in [-0.1, -0.05) is 34.1 Å². The third-order valence-corrected chi connectivity index (χ3v) is 5.41. The Bertz CT molecular complexity index is 547. The largest absolute Gasteiger partial charge is 0.224 e. The lowest BCUT2D eigenvalue weighted by molar-refractivity contribution is 0.585. The van der Waals surface area contributed by atoms with E-state index in [1.54, 1.807) is 18.2 Å². The van der Waals surface area contributed by atoms with Crippen LogP contribution in [-0.4, -0.2) is 19.5 Å². The van der Waals surface area contributed by atoms with Crippen LogP contribution in [0.15, 0.2) is 29.2 Å². The molecule has 1 aliphatic rings. The molecule has 16 heavy (non-hydrogen) atoms. The molecule has 0 radical (unpaired) electrons. The molecule has 0 fully saturated rings. The van der Waals surface area contributed by atoms with Gasteiger partial charge in [0.2, 0.25) is 0 Å². The number of rotatable bonds is 2. The molecule has 1 aromatic rings. The molecule has 0 spiro atoms. The van der Waals surface area contributed by atoms with Gasteiger partial charge in [-0.2, -0.15) is 5.26 Å². The highest BCUT2D eigenvalue weighted by atomic mass is 79.9. The van der Waals surface area contributed by atoms with Crippen molar-refractivity contribution in [1.82, 2.24) is 0 Å². The van der Waals surface area contributed by atoms with Crippen molar-refractivity contribution in [3.8, 4) is 6.07 Å². The van der Waals surface area contributed by atoms with Crippen LogP contribution in [0.4, 0.5) is 0 Å². The molecule has 2 rings (SSSR count). The molecule has 1 aliphatic heterocycles. The first-order valence-electron chi connectivity index (χ1n) is 4.87. The summed E-state index contributed by atoms with van der Waals surface area (Å²) in [5.41, 5.74) is 0.786. The lowest BCUT2D eigenvalue weighted by Crippen LogP contribution is -2.14. The van der Waals surface area contributed by atoms with Crippen LogP contribution in [0.25, 0.3) is 0 Å². The number of nitrogens with zero attached hydrogens (tertiary/aromatic N) is 1. The van der Waals surface area contributed by atoms with Crippen LogP contribution < -0.4 is 0 Å². The summed E-state index contributed by atoms with van der Waals surface area (Å²) in [6, 6.07) is 9.11. The maximum absolute atomic E-state index is 11.9. The highest BCUT2D eigenvalue weighted by Crippen LogP contribution is 2.39. The van der Waals surface area contributed by atoms with E-state index in [2.05, 4.69) is 22.0 Å². The first-order chi connectivity index (χ1) is 7.60. The smallest absolute Gasteiger partial charge is 0.179 e. The standard InChI is InChI=1S/C11H10BrNO2S/c12-5-8(6-13)10-7-16(14,15)11-4-2-1-3-9(10)11/h1-4,8,10H,5,7H2. The Kier molecular flexibility index (Phi) is 3.04. The molecule has 0 saturated carbocycles. The van der Waals surface area contributed by atoms with Crippen molar-refractivity contribution in [1.29, 1.82) is 5.26 Å². The fourth-order valence-electron chi connectivity index (χ4n) is 2.05. The van der Waals surface area contributed by atoms with E-state index in [4.69, 9.17) is 5.26 Å². The van der Waals surface area contributed by atoms with Gasteiger partial charge in [0.1, 0.15) is 0 Å². The molecule has 0 aliphatic carbocycles. The molecule has 2 atom stereocenters. The predicted molar refractivity (Wildman–Crippen MR) is 64.1 cm³/mol. The molecule has 0 saturated heterocycles. The molecule has 5 heteroatoms. The molecular weight excluding hydrogens is 290 g/mol. The summed E-state index contributed by atoms with van der Waals surface area (Å²) in [5, 5.41) is 9.51. The normalized spacial score (nSPS) is 23.4. The first-order valence-corrected chi connectivity index (χ1v) is 7.65. The van der Waals surface area contributed by atoms with Crippen molar-refractivity contribution in [2.75, 3.05) is 11.1 Å².